The molecule has 19 heavy (non-hydrogen) atoms. The van der Waals surface area contributed by atoms with Gasteiger partial charge in [0.2, 0.25) is 5.95 Å². The van der Waals surface area contributed by atoms with Crippen molar-refractivity contribution < 1.29 is 0 Å². The highest BCUT2D eigenvalue weighted by atomic mass is 127. The zero-order chi connectivity index (χ0) is 13.4. The Labute approximate surface area is 127 Å². The average molecular weight is 369 g/mol. The minimum atomic E-state index is 0.663. The van der Waals surface area contributed by atoms with Gasteiger partial charge in [-0.25, -0.2) is 4.98 Å². The lowest BCUT2D eigenvalue weighted by molar-refractivity contribution is 0.267. The summed E-state index contributed by atoms with van der Waals surface area (Å²) in [6.07, 6.45) is 5.36. The molecular formula is C15H20IN3. The number of anilines is 1. The van der Waals surface area contributed by atoms with E-state index in [1.807, 2.05) is 0 Å². The predicted molar refractivity (Wildman–Crippen MR) is 88.0 cm³/mol. The number of rotatable bonds is 2. The van der Waals surface area contributed by atoms with E-state index in [0.29, 0.717) is 5.95 Å². The summed E-state index contributed by atoms with van der Waals surface area (Å²) in [5.74, 6) is 2.32. The normalized spacial score (nSPS) is 23.9. The third kappa shape index (κ3) is 2.73. The van der Waals surface area contributed by atoms with Crippen LogP contribution in [0.3, 0.4) is 0 Å². The van der Waals surface area contributed by atoms with Crippen molar-refractivity contribution in [2.75, 3.05) is 5.73 Å². The van der Waals surface area contributed by atoms with E-state index in [0.717, 1.165) is 23.9 Å². The van der Waals surface area contributed by atoms with Crippen LogP contribution in [0.25, 0.3) is 11.0 Å². The molecule has 0 unspecified atom stereocenters. The van der Waals surface area contributed by atoms with Crippen molar-refractivity contribution in [3.63, 3.8) is 0 Å². The van der Waals surface area contributed by atoms with Gasteiger partial charge in [-0.2, -0.15) is 0 Å². The topological polar surface area (TPSA) is 43.8 Å². The Balaban J connectivity index is 1.86. The van der Waals surface area contributed by atoms with Gasteiger partial charge in [0.25, 0.3) is 0 Å². The molecule has 1 fully saturated rings. The lowest BCUT2D eigenvalue weighted by Gasteiger charge is -2.26. The van der Waals surface area contributed by atoms with E-state index in [1.165, 1.54) is 34.8 Å². The minimum Gasteiger partial charge on any atom is -0.369 e. The second-order valence-corrected chi connectivity index (χ2v) is 7.09. The Morgan fingerprint density at radius 1 is 1.32 bits per heavy atom. The Hall–Kier alpha value is -0.780. The lowest BCUT2D eigenvalue weighted by Crippen LogP contribution is -2.18. The van der Waals surface area contributed by atoms with Crippen LogP contribution in [0.15, 0.2) is 18.2 Å². The van der Waals surface area contributed by atoms with Gasteiger partial charge in [0.05, 0.1) is 11.0 Å². The molecule has 0 amide bonds. The van der Waals surface area contributed by atoms with Gasteiger partial charge < -0.3 is 10.3 Å². The number of hydrogen-bond donors (Lipinski definition) is 1. The fraction of sp³-hybridized carbons (Fsp3) is 0.533. The minimum absolute atomic E-state index is 0.663. The first-order valence-electron chi connectivity index (χ1n) is 7.04. The summed E-state index contributed by atoms with van der Waals surface area (Å²) < 4.78 is 3.41. The predicted octanol–water partition coefficient (Wildman–Crippen LogP) is 4.05. The highest BCUT2D eigenvalue weighted by molar-refractivity contribution is 14.1. The van der Waals surface area contributed by atoms with Crippen LogP contribution in [0.4, 0.5) is 5.95 Å². The van der Waals surface area contributed by atoms with Gasteiger partial charge in [-0.3, -0.25) is 0 Å². The second kappa shape index (κ2) is 5.31. The quantitative estimate of drug-likeness (QED) is 0.812. The number of nitrogens with two attached hydrogens (primary N) is 1. The van der Waals surface area contributed by atoms with E-state index in [9.17, 15) is 0 Å². The third-order valence-corrected chi connectivity index (χ3v) is 4.99. The molecule has 102 valence electrons. The maximum atomic E-state index is 6.10. The first-order chi connectivity index (χ1) is 9.13. The fourth-order valence-corrected chi connectivity index (χ4v) is 3.56. The molecule has 0 bridgehead atoms. The molecule has 1 aromatic carbocycles. The molecule has 1 heterocycles. The number of halogens is 1. The van der Waals surface area contributed by atoms with Crippen LogP contribution in [0.5, 0.6) is 0 Å². The van der Waals surface area contributed by atoms with E-state index in [4.69, 9.17) is 5.73 Å². The molecule has 1 aliphatic rings. The van der Waals surface area contributed by atoms with Crippen LogP contribution in [0.1, 0.15) is 32.6 Å². The molecule has 2 aromatic rings. The molecule has 2 N–H and O–H groups in total. The van der Waals surface area contributed by atoms with Gasteiger partial charge in [0.15, 0.2) is 0 Å². The fourth-order valence-electron chi connectivity index (χ4n) is 3.08. The number of imidazole rings is 1. The monoisotopic (exact) mass is 369 g/mol. The van der Waals surface area contributed by atoms with Crippen LogP contribution in [-0.4, -0.2) is 9.55 Å². The highest BCUT2D eigenvalue weighted by Crippen LogP contribution is 2.31. The van der Waals surface area contributed by atoms with Crippen molar-refractivity contribution in [2.24, 2.45) is 11.8 Å². The molecule has 1 saturated carbocycles. The van der Waals surface area contributed by atoms with E-state index >= 15 is 0 Å². The average Bonchev–Trinajstić information content (AvgIpc) is 2.68. The molecule has 0 aliphatic heterocycles. The number of benzene rings is 1. The summed E-state index contributed by atoms with van der Waals surface area (Å²) in [5.41, 5.74) is 8.30. The first-order valence-corrected chi connectivity index (χ1v) is 8.12. The third-order valence-electron chi connectivity index (χ3n) is 4.32. The maximum Gasteiger partial charge on any atom is 0.201 e. The van der Waals surface area contributed by atoms with Gasteiger partial charge >= 0.3 is 0 Å². The van der Waals surface area contributed by atoms with E-state index in [-0.39, 0.29) is 0 Å². The van der Waals surface area contributed by atoms with Crippen LogP contribution in [0.2, 0.25) is 0 Å². The molecule has 0 radical (unpaired) electrons. The van der Waals surface area contributed by atoms with E-state index < -0.39 is 0 Å². The Bertz CT molecular complexity index is 582. The standard InChI is InChI=1S/C15H20IN3/c1-10-2-4-11(5-3-10)9-19-14-7-6-12(16)8-13(14)18-15(19)17/h6-8,10-11H,2-5,9H2,1H3,(H2,17,18). The van der Waals surface area contributed by atoms with Crippen molar-refractivity contribution in [2.45, 2.75) is 39.2 Å². The van der Waals surface area contributed by atoms with E-state index in [1.54, 1.807) is 0 Å². The zero-order valence-electron chi connectivity index (χ0n) is 11.3. The van der Waals surface area contributed by atoms with Gasteiger partial charge in [0, 0.05) is 10.1 Å². The van der Waals surface area contributed by atoms with Crippen molar-refractivity contribution in [3.05, 3.63) is 21.8 Å². The van der Waals surface area contributed by atoms with Crippen molar-refractivity contribution in [3.8, 4) is 0 Å². The largest absolute Gasteiger partial charge is 0.369 e. The highest BCUT2D eigenvalue weighted by Gasteiger charge is 2.20. The summed E-state index contributed by atoms with van der Waals surface area (Å²) in [6, 6.07) is 6.38. The number of aromatic nitrogens is 2. The number of nitrogen functional groups attached to an aromatic ring is 1. The molecule has 3 rings (SSSR count). The molecule has 0 spiro atoms. The SMILES string of the molecule is CC1CCC(Cn2c(N)nc3cc(I)ccc32)CC1. The van der Waals surface area contributed by atoms with Crippen molar-refractivity contribution >= 4 is 39.6 Å². The van der Waals surface area contributed by atoms with Crippen molar-refractivity contribution in [1.82, 2.24) is 9.55 Å². The van der Waals surface area contributed by atoms with Gasteiger partial charge in [0.1, 0.15) is 0 Å². The Kier molecular flexibility index (Phi) is 3.69. The number of fused-ring (bicyclic) bond motifs is 1. The smallest absolute Gasteiger partial charge is 0.201 e. The molecule has 4 heteroatoms. The number of hydrogen-bond acceptors (Lipinski definition) is 2. The molecule has 1 aliphatic carbocycles. The molecular weight excluding hydrogens is 349 g/mol. The van der Waals surface area contributed by atoms with Gasteiger partial charge in [-0.1, -0.05) is 19.8 Å². The number of nitrogens with zero attached hydrogens (tertiary/aromatic N) is 2. The molecule has 0 atom stereocenters. The molecule has 0 saturated heterocycles. The Morgan fingerprint density at radius 2 is 2.05 bits per heavy atom. The zero-order valence-corrected chi connectivity index (χ0v) is 13.4. The summed E-state index contributed by atoms with van der Waals surface area (Å²) >= 11 is 2.32. The summed E-state index contributed by atoms with van der Waals surface area (Å²) in [4.78, 5) is 4.49. The Morgan fingerprint density at radius 3 is 2.79 bits per heavy atom. The summed E-state index contributed by atoms with van der Waals surface area (Å²) in [5, 5.41) is 0. The van der Waals surface area contributed by atoms with Gasteiger partial charge in [-0.15, -0.1) is 0 Å². The van der Waals surface area contributed by atoms with Gasteiger partial charge in [-0.05, 0) is 65.5 Å². The van der Waals surface area contributed by atoms with Crippen LogP contribution in [0, 0.1) is 15.4 Å². The van der Waals surface area contributed by atoms with E-state index in [2.05, 4.69) is 57.3 Å². The van der Waals surface area contributed by atoms with Crippen LogP contribution >= 0.6 is 22.6 Å². The summed E-state index contributed by atoms with van der Waals surface area (Å²) in [7, 11) is 0. The van der Waals surface area contributed by atoms with Crippen LogP contribution in [-0.2, 0) is 6.54 Å². The lowest BCUT2D eigenvalue weighted by atomic mass is 9.83. The first kappa shape index (κ1) is 13.2. The van der Waals surface area contributed by atoms with Crippen molar-refractivity contribution in [1.29, 1.82) is 0 Å². The second-order valence-electron chi connectivity index (χ2n) is 5.84. The van der Waals surface area contributed by atoms with Crippen LogP contribution < -0.4 is 5.73 Å². The maximum absolute atomic E-state index is 6.10. The molecule has 1 aromatic heterocycles. The molecule has 3 nitrogen and oxygen atoms in total. The summed E-state index contributed by atoms with van der Waals surface area (Å²) in [6.45, 7) is 3.38.